The molecule has 0 fully saturated rings. The van der Waals surface area contributed by atoms with Crippen molar-refractivity contribution in [3.63, 3.8) is 0 Å². The van der Waals surface area contributed by atoms with E-state index in [2.05, 4.69) is 42.0 Å². The van der Waals surface area contributed by atoms with Crippen molar-refractivity contribution in [3.05, 3.63) is 53.2 Å². The fourth-order valence-corrected chi connectivity index (χ4v) is 4.30. The summed E-state index contributed by atoms with van der Waals surface area (Å²) < 4.78 is 2.09. The molecule has 0 radical (unpaired) electrons. The predicted octanol–water partition coefficient (Wildman–Crippen LogP) is 4.14. The fraction of sp³-hybridized carbons (Fsp3) is 0.211. The minimum Gasteiger partial charge on any atom is -0.368 e. The number of thioether (sulfide) groups is 1. The molecule has 0 spiro atoms. The molecule has 29 heavy (non-hydrogen) atoms. The Morgan fingerprint density at radius 2 is 1.93 bits per heavy atom. The quantitative estimate of drug-likeness (QED) is 0.426. The molecule has 3 N–H and O–H groups in total. The van der Waals surface area contributed by atoms with Crippen LogP contribution in [0.5, 0.6) is 0 Å². The average Bonchev–Trinajstić information content (AvgIpc) is 3.37. The number of aryl methyl sites for hydroxylation is 1. The fourth-order valence-electron chi connectivity index (χ4n) is 2.72. The summed E-state index contributed by atoms with van der Waals surface area (Å²) in [4.78, 5) is 14.0. The zero-order chi connectivity index (χ0) is 20.2. The van der Waals surface area contributed by atoms with Gasteiger partial charge in [0.2, 0.25) is 11.9 Å². The molecule has 0 saturated carbocycles. The highest BCUT2D eigenvalue weighted by Gasteiger charge is 2.15. The van der Waals surface area contributed by atoms with Crippen molar-refractivity contribution in [1.29, 1.82) is 0 Å². The molecule has 4 aromatic rings. The van der Waals surface area contributed by atoms with Crippen LogP contribution in [0.25, 0.3) is 10.7 Å². The lowest BCUT2D eigenvalue weighted by molar-refractivity contribution is 0.687. The van der Waals surface area contributed by atoms with E-state index in [0.29, 0.717) is 17.5 Å². The third kappa shape index (κ3) is 4.54. The zero-order valence-corrected chi connectivity index (χ0v) is 17.7. The maximum Gasteiger partial charge on any atom is 0.232 e. The molecule has 0 unspecified atom stereocenters. The number of nitrogens with one attached hydrogen (secondary N) is 1. The molecule has 0 bridgehead atoms. The Morgan fingerprint density at radius 3 is 2.66 bits per heavy atom. The topological polar surface area (TPSA) is 107 Å². The SMILES string of the molecule is CCn1c(SCc2nc(N)nc(Nc3ccc(C)cc3)n2)nnc1-c1cccs1. The number of aromatic nitrogens is 6. The summed E-state index contributed by atoms with van der Waals surface area (Å²) in [7, 11) is 0. The molecule has 148 valence electrons. The molecule has 8 nitrogen and oxygen atoms in total. The highest BCUT2D eigenvalue weighted by molar-refractivity contribution is 7.98. The second-order valence-corrected chi connectivity index (χ2v) is 8.13. The van der Waals surface area contributed by atoms with Crippen LogP contribution in [0, 0.1) is 6.92 Å². The number of anilines is 3. The highest BCUT2D eigenvalue weighted by Crippen LogP contribution is 2.28. The van der Waals surface area contributed by atoms with Gasteiger partial charge in [-0.05, 0) is 37.4 Å². The maximum absolute atomic E-state index is 5.89. The van der Waals surface area contributed by atoms with Gasteiger partial charge in [-0.2, -0.15) is 15.0 Å². The minimum absolute atomic E-state index is 0.182. The molecule has 0 amide bonds. The van der Waals surface area contributed by atoms with Gasteiger partial charge in [0.1, 0.15) is 5.82 Å². The van der Waals surface area contributed by atoms with Crippen molar-refractivity contribution in [2.45, 2.75) is 31.3 Å². The second kappa shape index (κ2) is 8.58. The Hall–Kier alpha value is -2.98. The first-order chi connectivity index (χ1) is 14.1. The third-order valence-corrected chi connectivity index (χ3v) is 5.94. The molecule has 0 aliphatic heterocycles. The van der Waals surface area contributed by atoms with Crippen LogP contribution in [0.4, 0.5) is 17.6 Å². The van der Waals surface area contributed by atoms with Gasteiger partial charge in [0, 0.05) is 12.2 Å². The van der Waals surface area contributed by atoms with E-state index in [9.17, 15) is 0 Å². The van der Waals surface area contributed by atoms with Gasteiger partial charge < -0.3 is 15.6 Å². The Morgan fingerprint density at radius 1 is 1.10 bits per heavy atom. The molecule has 3 aromatic heterocycles. The molecule has 0 aliphatic rings. The lowest BCUT2D eigenvalue weighted by Crippen LogP contribution is -2.07. The number of nitrogen functional groups attached to an aromatic ring is 1. The van der Waals surface area contributed by atoms with Gasteiger partial charge >= 0.3 is 0 Å². The monoisotopic (exact) mass is 424 g/mol. The molecule has 1 aromatic carbocycles. The van der Waals surface area contributed by atoms with Crippen molar-refractivity contribution < 1.29 is 0 Å². The smallest absolute Gasteiger partial charge is 0.232 e. The van der Waals surface area contributed by atoms with E-state index in [-0.39, 0.29) is 5.95 Å². The first kappa shape index (κ1) is 19.3. The van der Waals surface area contributed by atoms with Crippen molar-refractivity contribution in [1.82, 2.24) is 29.7 Å². The normalized spacial score (nSPS) is 11.0. The van der Waals surface area contributed by atoms with Gasteiger partial charge in [-0.3, -0.25) is 0 Å². The van der Waals surface area contributed by atoms with Crippen LogP contribution in [0.15, 0.2) is 46.9 Å². The van der Waals surface area contributed by atoms with E-state index in [1.54, 1.807) is 11.3 Å². The third-order valence-electron chi connectivity index (χ3n) is 4.11. The van der Waals surface area contributed by atoms with Crippen LogP contribution >= 0.6 is 23.1 Å². The Bertz CT molecular complexity index is 1090. The number of rotatable bonds is 7. The molecule has 3 heterocycles. The summed E-state index contributed by atoms with van der Waals surface area (Å²) in [5.74, 6) is 2.58. The predicted molar refractivity (Wildman–Crippen MR) is 117 cm³/mol. The number of hydrogen-bond acceptors (Lipinski definition) is 9. The van der Waals surface area contributed by atoms with Gasteiger partial charge in [0.15, 0.2) is 11.0 Å². The molecule has 0 atom stereocenters. The van der Waals surface area contributed by atoms with E-state index in [1.807, 2.05) is 48.7 Å². The van der Waals surface area contributed by atoms with Crippen LogP contribution in [0.3, 0.4) is 0 Å². The Balaban J connectivity index is 1.50. The van der Waals surface area contributed by atoms with E-state index in [1.165, 1.54) is 17.3 Å². The lowest BCUT2D eigenvalue weighted by Gasteiger charge is -2.08. The summed E-state index contributed by atoms with van der Waals surface area (Å²) in [5.41, 5.74) is 7.97. The van der Waals surface area contributed by atoms with Gasteiger partial charge in [0.05, 0.1) is 10.6 Å². The van der Waals surface area contributed by atoms with Crippen molar-refractivity contribution >= 4 is 40.7 Å². The Labute approximate surface area is 176 Å². The molecule has 4 rings (SSSR count). The van der Waals surface area contributed by atoms with Crippen molar-refractivity contribution in [2.75, 3.05) is 11.1 Å². The molecule has 0 aliphatic carbocycles. The van der Waals surface area contributed by atoms with Crippen molar-refractivity contribution in [2.24, 2.45) is 0 Å². The average molecular weight is 425 g/mol. The van der Waals surface area contributed by atoms with Crippen LogP contribution in [-0.4, -0.2) is 29.7 Å². The second-order valence-electron chi connectivity index (χ2n) is 6.24. The highest BCUT2D eigenvalue weighted by atomic mass is 32.2. The van der Waals surface area contributed by atoms with E-state index >= 15 is 0 Å². The van der Waals surface area contributed by atoms with Gasteiger partial charge in [-0.1, -0.05) is 35.5 Å². The summed E-state index contributed by atoms with van der Waals surface area (Å²) in [6.45, 7) is 4.90. The number of benzene rings is 1. The number of hydrogen-bond donors (Lipinski definition) is 2. The van der Waals surface area contributed by atoms with Gasteiger partial charge in [-0.25, -0.2) is 0 Å². The molecular weight excluding hydrogens is 404 g/mol. The molecule has 0 saturated heterocycles. The number of thiophene rings is 1. The van der Waals surface area contributed by atoms with Crippen LogP contribution in [-0.2, 0) is 12.3 Å². The number of nitrogens with zero attached hydrogens (tertiary/aromatic N) is 6. The van der Waals surface area contributed by atoms with Crippen LogP contribution < -0.4 is 11.1 Å². The molecular formula is C19H20N8S2. The van der Waals surface area contributed by atoms with Crippen molar-refractivity contribution in [3.8, 4) is 10.7 Å². The lowest BCUT2D eigenvalue weighted by atomic mass is 10.2. The van der Waals surface area contributed by atoms with Gasteiger partial charge in [-0.15, -0.1) is 21.5 Å². The van der Waals surface area contributed by atoms with E-state index in [4.69, 9.17) is 5.73 Å². The maximum atomic E-state index is 5.89. The first-order valence-electron chi connectivity index (χ1n) is 9.06. The molecule has 10 heteroatoms. The van der Waals surface area contributed by atoms with Crippen LogP contribution in [0.1, 0.15) is 18.3 Å². The largest absolute Gasteiger partial charge is 0.368 e. The minimum atomic E-state index is 0.182. The number of nitrogens with two attached hydrogens (primary N) is 1. The van der Waals surface area contributed by atoms with E-state index < -0.39 is 0 Å². The zero-order valence-electron chi connectivity index (χ0n) is 16.0. The summed E-state index contributed by atoms with van der Waals surface area (Å²) >= 11 is 3.17. The van der Waals surface area contributed by atoms with Crippen LogP contribution in [0.2, 0.25) is 0 Å². The summed E-state index contributed by atoms with van der Waals surface area (Å²) in [5, 5.41) is 14.7. The van der Waals surface area contributed by atoms with Gasteiger partial charge in [0.25, 0.3) is 0 Å². The summed E-state index contributed by atoms with van der Waals surface area (Å²) in [6.07, 6.45) is 0. The standard InChI is InChI=1S/C19H20N8S2/c1-3-27-16(14-5-4-10-28-14)25-26-19(27)29-11-15-22-17(20)24-18(23-15)21-13-8-6-12(2)7-9-13/h4-10H,3,11H2,1-2H3,(H3,20,21,22,23,24). The van der Waals surface area contributed by atoms with E-state index in [0.717, 1.165) is 28.1 Å². The first-order valence-corrected chi connectivity index (χ1v) is 10.9. The Kier molecular flexibility index (Phi) is 5.72. The summed E-state index contributed by atoms with van der Waals surface area (Å²) in [6, 6.07) is 12.0.